The van der Waals surface area contributed by atoms with E-state index in [1.807, 2.05) is 13.0 Å². The van der Waals surface area contributed by atoms with E-state index in [4.69, 9.17) is 14.6 Å². The van der Waals surface area contributed by atoms with Gasteiger partial charge >= 0.3 is 5.97 Å². The Morgan fingerprint density at radius 2 is 1.79 bits per heavy atom. The summed E-state index contributed by atoms with van der Waals surface area (Å²) in [5.74, 6) is -0.918. The first-order chi connectivity index (χ1) is 13.5. The van der Waals surface area contributed by atoms with E-state index in [1.54, 1.807) is 26.0 Å². The van der Waals surface area contributed by atoms with E-state index in [-0.39, 0.29) is 0 Å². The topological polar surface area (TPSA) is 137 Å². The molecule has 8 nitrogen and oxygen atoms in total. The fraction of sp³-hybridized carbons (Fsp3) is 0.667. The summed E-state index contributed by atoms with van der Waals surface area (Å²) < 4.78 is 11.2. The number of hydrogen-bond acceptors (Lipinski definition) is 7. The van der Waals surface area contributed by atoms with Crippen LogP contribution in [0.1, 0.15) is 46.5 Å². The molecule has 29 heavy (non-hydrogen) atoms. The Labute approximate surface area is 171 Å². The van der Waals surface area contributed by atoms with Crippen molar-refractivity contribution in [2.45, 2.75) is 82.8 Å². The molecule has 0 radical (unpaired) electrons. The van der Waals surface area contributed by atoms with Crippen molar-refractivity contribution in [3.05, 3.63) is 36.0 Å². The van der Waals surface area contributed by atoms with Crippen LogP contribution in [0.15, 0.2) is 36.0 Å². The summed E-state index contributed by atoms with van der Waals surface area (Å²) in [4.78, 5) is 10.8. The van der Waals surface area contributed by atoms with Crippen LogP contribution in [0.2, 0.25) is 0 Å². The minimum Gasteiger partial charge on any atom is -0.478 e. The van der Waals surface area contributed by atoms with E-state index in [0.717, 1.165) is 12.0 Å². The van der Waals surface area contributed by atoms with Gasteiger partial charge in [0.25, 0.3) is 0 Å². The summed E-state index contributed by atoms with van der Waals surface area (Å²) in [6, 6.07) is 0. The molecule has 0 spiro atoms. The van der Waals surface area contributed by atoms with Crippen LogP contribution in [0.3, 0.4) is 0 Å². The second kappa shape index (κ2) is 11.6. The molecule has 1 aliphatic rings. The molecule has 166 valence electrons. The number of carboxylic acid groups (broad SMARTS) is 1. The Bertz CT molecular complexity index is 612. The molecule has 1 aliphatic heterocycles. The third-order valence-electron chi connectivity index (χ3n) is 5.13. The van der Waals surface area contributed by atoms with E-state index < -0.39 is 48.9 Å². The number of aliphatic hydroxyl groups excluding tert-OH is 4. The SMILES string of the molecule is C=CC(C)(CC/C=C(\C)CC/C=C(\C)C(=O)O)O[C@@H]1O[C@H](CO)[C@@H](O)[C@H](O)[C@H]1O. The van der Waals surface area contributed by atoms with Gasteiger partial charge < -0.3 is 35.0 Å². The number of ether oxygens (including phenoxy) is 2. The minimum absolute atomic E-state index is 0.324. The molecule has 0 aromatic rings. The summed E-state index contributed by atoms with van der Waals surface area (Å²) in [5, 5.41) is 48.0. The number of carbonyl (C=O) groups is 1. The number of rotatable bonds is 11. The summed E-state index contributed by atoms with van der Waals surface area (Å²) in [6.07, 6.45) is 1.20. The lowest BCUT2D eigenvalue weighted by molar-refractivity contribution is -0.319. The maximum Gasteiger partial charge on any atom is 0.330 e. The van der Waals surface area contributed by atoms with Crippen LogP contribution in [0.4, 0.5) is 0 Å². The Hall–Kier alpha value is -1.55. The van der Waals surface area contributed by atoms with Crippen molar-refractivity contribution < 1.29 is 39.8 Å². The van der Waals surface area contributed by atoms with Crippen LogP contribution >= 0.6 is 0 Å². The zero-order valence-corrected chi connectivity index (χ0v) is 17.3. The molecule has 0 aliphatic carbocycles. The highest BCUT2D eigenvalue weighted by molar-refractivity contribution is 5.85. The lowest BCUT2D eigenvalue weighted by atomic mass is 9.96. The molecule has 6 atom stereocenters. The summed E-state index contributed by atoms with van der Waals surface area (Å²) in [6.45, 7) is 8.55. The maximum absolute atomic E-state index is 10.8. The van der Waals surface area contributed by atoms with Gasteiger partial charge in [0.2, 0.25) is 0 Å². The molecule has 1 heterocycles. The van der Waals surface area contributed by atoms with Gasteiger partial charge in [-0.2, -0.15) is 0 Å². The normalized spacial score (nSPS) is 30.7. The van der Waals surface area contributed by atoms with E-state index in [0.29, 0.717) is 24.8 Å². The van der Waals surface area contributed by atoms with Crippen LogP contribution in [-0.4, -0.2) is 74.4 Å². The van der Waals surface area contributed by atoms with Gasteiger partial charge in [-0.25, -0.2) is 4.79 Å². The highest BCUT2D eigenvalue weighted by Crippen LogP contribution is 2.29. The molecule has 1 rings (SSSR count). The maximum atomic E-state index is 10.8. The summed E-state index contributed by atoms with van der Waals surface area (Å²) in [5.41, 5.74) is 0.563. The summed E-state index contributed by atoms with van der Waals surface area (Å²) >= 11 is 0. The van der Waals surface area contributed by atoms with Crippen molar-refractivity contribution in [1.82, 2.24) is 0 Å². The zero-order valence-electron chi connectivity index (χ0n) is 17.3. The predicted octanol–water partition coefficient (Wildman–Crippen LogP) is 1.29. The van der Waals surface area contributed by atoms with Crippen LogP contribution in [0.5, 0.6) is 0 Å². The van der Waals surface area contributed by atoms with Gasteiger partial charge in [0.15, 0.2) is 6.29 Å². The zero-order chi connectivity index (χ0) is 22.2. The monoisotopic (exact) mass is 414 g/mol. The second-order valence-corrected chi connectivity index (χ2v) is 7.65. The predicted molar refractivity (Wildman–Crippen MR) is 107 cm³/mol. The molecule has 1 fully saturated rings. The van der Waals surface area contributed by atoms with Crippen molar-refractivity contribution in [3.8, 4) is 0 Å². The van der Waals surface area contributed by atoms with Crippen molar-refractivity contribution in [2.24, 2.45) is 0 Å². The van der Waals surface area contributed by atoms with Gasteiger partial charge in [0.1, 0.15) is 24.4 Å². The summed E-state index contributed by atoms with van der Waals surface area (Å²) in [7, 11) is 0. The van der Waals surface area contributed by atoms with Gasteiger partial charge in [0.05, 0.1) is 12.2 Å². The molecule has 8 heteroatoms. The van der Waals surface area contributed by atoms with Crippen LogP contribution in [-0.2, 0) is 14.3 Å². The van der Waals surface area contributed by atoms with Crippen molar-refractivity contribution in [2.75, 3.05) is 6.61 Å². The van der Waals surface area contributed by atoms with E-state index in [2.05, 4.69) is 6.58 Å². The van der Waals surface area contributed by atoms with Crippen LogP contribution in [0, 0.1) is 0 Å². The van der Waals surface area contributed by atoms with E-state index >= 15 is 0 Å². The molecule has 0 aromatic carbocycles. The van der Waals surface area contributed by atoms with Gasteiger partial charge in [-0.3, -0.25) is 0 Å². The number of carboxylic acids is 1. The fourth-order valence-electron chi connectivity index (χ4n) is 2.95. The molecule has 0 amide bonds. The number of aliphatic carboxylic acids is 1. The second-order valence-electron chi connectivity index (χ2n) is 7.65. The van der Waals surface area contributed by atoms with Crippen molar-refractivity contribution >= 4 is 5.97 Å². The van der Waals surface area contributed by atoms with Crippen LogP contribution in [0.25, 0.3) is 0 Å². The smallest absolute Gasteiger partial charge is 0.330 e. The molecular formula is C21H34O8. The Morgan fingerprint density at radius 3 is 2.34 bits per heavy atom. The van der Waals surface area contributed by atoms with Gasteiger partial charge in [-0.05, 0) is 46.5 Å². The first-order valence-corrected chi connectivity index (χ1v) is 9.72. The van der Waals surface area contributed by atoms with Crippen LogP contribution < -0.4 is 0 Å². The Balaban J connectivity index is 2.63. The quantitative estimate of drug-likeness (QED) is 0.252. The lowest BCUT2D eigenvalue weighted by Gasteiger charge is -2.42. The molecule has 5 N–H and O–H groups in total. The highest BCUT2D eigenvalue weighted by Gasteiger charge is 2.45. The van der Waals surface area contributed by atoms with Gasteiger partial charge in [-0.15, -0.1) is 6.58 Å². The van der Waals surface area contributed by atoms with Gasteiger partial charge in [0, 0.05) is 5.57 Å². The van der Waals surface area contributed by atoms with Gasteiger partial charge in [-0.1, -0.05) is 23.8 Å². The van der Waals surface area contributed by atoms with Crippen molar-refractivity contribution in [3.63, 3.8) is 0 Å². The molecule has 1 saturated heterocycles. The van der Waals surface area contributed by atoms with Crippen molar-refractivity contribution in [1.29, 1.82) is 0 Å². The lowest BCUT2D eigenvalue weighted by Crippen LogP contribution is -2.60. The highest BCUT2D eigenvalue weighted by atomic mass is 16.7. The van der Waals surface area contributed by atoms with E-state index in [1.165, 1.54) is 0 Å². The van der Waals surface area contributed by atoms with E-state index in [9.17, 15) is 25.2 Å². The number of hydrogen-bond donors (Lipinski definition) is 5. The molecule has 0 aromatic heterocycles. The standard InChI is InChI=1S/C21H34O8/c1-5-21(4,11-7-9-13(2)8-6-10-14(3)19(26)27)29-20-18(25)17(24)16(23)15(12-22)28-20/h5,9-10,15-18,20,22-25H,1,6-8,11-12H2,2-4H3,(H,26,27)/b13-9+,14-10+/t15-,16-,17+,18-,20+,21?/m1/s1. The number of aliphatic hydroxyl groups is 4. The largest absolute Gasteiger partial charge is 0.478 e. The first-order valence-electron chi connectivity index (χ1n) is 9.72. The minimum atomic E-state index is -1.50. The average molecular weight is 414 g/mol. The molecular weight excluding hydrogens is 380 g/mol. The Morgan fingerprint density at radius 1 is 1.14 bits per heavy atom. The molecule has 1 unspecified atom stereocenters. The first kappa shape index (κ1) is 25.5. The third kappa shape index (κ3) is 7.65. The molecule has 0 bridgehead atoms. The average Bonchev–Trinajstić information content (AvgIpc) is 2.68. The number of allylic oxidation sites excluding steroid dienone is 3. The molecule has 0 saturated carbocycles. The third-order valence-corrected chi connectivity index (χ3v) is 5.13. The Kier molecular flexibility index (Phi) is 10.2. The fourth-order valence-corrected chi connectivity index (χ4v) is 2.95.